The third kappa shape index (κ3) is 4.00. The number of rotatable bonds is 6. The van der Waals surface area contributed by atoms with E-state index in [1.807, 2.05) is 7.05 Å². The number of nitrogens with one attached hydrogen (secondary N) is 2. The molecule has 0 atom stereocenters. The number of amides is 1. The molecule has 1 heterocycles. The normalized spacial score (nSPS) is 11.5. The van der Waals surface area contributed by atoms with Crippen molar-refractivity contribution in [3.8, 4) is 0 Å². The van der Waals surface area contributed by atoms with Crippen LogP contribution in [0.4, 0.5) is 5.13 Å². The standard InChI is InChI=1S/C9H15N5O2S/c1-11-3-2-4-12-8(15)7(14-16)6-5-17-9(10)13-6/h5,11,16H,2-4H2,1H3,(H2,10,13)(H,12,15)/b14-7-. The predicted molar refractivity (Wildman–Crippen MR) is 66.4 cm³/mol. The lowest BCUT2D eigenvalue weighted by atomic mass is 10.2. The molecule has 0 bridgehead atoms. The summed E-state index contributed by atoms with van der Waals surface area (Å²) in [6.07, 6.45) is 0.792. The van der Waals surface area contributed by atoms with Crippen LogP contribution >= 0.6 is 11.3 Å². The molecule has 7 nitrogen and oxygen atoms in total. The van der Waals surface area contributed by atoms with Gasteiger partial charge in [-0.05, 0) is 20.0 Å². The molecule has 0 spiro atoms. The zero-order valence-corrected chi connectivity index (χ0v) is 10.3. The second-order valence-corrected chi connectivity index (χ2v) is 4.12. The molecule has 0 aliphatic carbocycles. The van der Waals surface area contributed by atoms with Gasteiger partial charge in [0.1, 0.15) is 5.69 Å². The van der Waals surface area contributed by atoms with E-state index in [9.17, 15) is 4.79 Å². The van der Waals surface area contributed by atoms with E-state index < -0.39 is 5.91 Å². The van der Waals surface area contributed by atoms with Gasteiger partial charge in [0, 0.05) is 11.9 Å². The fourth-order valence-corrected chi connectivity index (χ4v) is 1.71. The molecule has 8 heteroatoms. The highest BCUT2D eigenvalue weighted by Gasteiger charge is 2.17. The van der Waals surface area contributed by atoms with Crippen molar-refractivity contribution >= 4 is 28.1 Å². The number of hydrogen-bond acceptors (Lipinski definition) is 7. The van der Waals surface area contributed by atoms with Crippen LogP contribution in [0.5, 0.6) is 0 Å². The molecule has 0 aliphatic rings. The maximum atomic E-state index is 11.6. The second kappa shape index (κ2) is 6.81. The molecular formula is C9H15N5O2S. The molecule has 0 aliphatic heterocycles. The smallest absolute Gasteiger partial charge is 0.275 e. The topological polar surface area (TPSA) is 113 Å². The van der Waals surface area contributed by atoms with Gasteiger partial charge in [-0.15, -0.1) is 11.3 Å². The molecule has 0 unspecified atom stereocenters. The minimum absolute atomic E-state index is 0.123. The van der Waals surface area contributed by atoms with Gasteiger partial charge >= 0.3 is 0 Å². The van der Waals surface area contributed by atoms with Crippen LogP contribution in [0.15, 0.2) is 10.5 Å². The minimum Gasteiger partial charge on any atom is -0.410 e. The summed E-state index contributed by atoms with van der Waals surface area (Å²) in [5.74, 6) is -0.464. The highest BCUT2D eigenvalue weighted by Crippen LogP contribution is 2.11. The van der Waals surface area contributed by atoms with Crippen LogP contribution in [-0.4, -0.2) is 41.9 Å². The van der Waals surface area contributed by atoms with Gasteiger partial charge < -0.3 is 21.6 Å². The third-order valence-electron chi connectivity index (χ3n) is 1.97. The van der Waals surface area contributed by atoms with Gasteiger partial charge in [-0.25, -0.2) is 4.98 Å². The lowest BCUT2D eigenvalue weighted by Crippen LogP contribution is -2.33. The van der Waals surface area contributed by atoms with E-state index >= 15 is 0 Å². The Morgan fingerprint density at radius 3 is 2.94 bits per heavy atom. The summed E-state index contributed by atoms with van der Waals surface area (Å²) in [5.41, 5.74) is 5.60. The van der Waals surface area contributed by atoms with Gasteiger partial charge in [0.2, 0.25) is 0 Å². The number of nitrogen functional groups attached to an aromatic ring is 1. The largest absolute Gasteiger partial charge is 0.410 e. The Balaban J connectivity index is 2.54. The first-order valence-corrected chi connectivity index (χ1v) is 5.93. The van der Waals surface area contributed by atoms with Crippen molar-refractivity contribution in [2.75, 3.05) is 25.9 Å². The SMILES string of the molecule is CNCCCNC(=O)/C(=N\O)c1csc(N)n1. The summed E-state index contributed by atoms with van der Waals surface area (Å²) in [7, 11) is 1.83. The third-order valence-corrected chi connectivity index (χ3v) is 2.64. The van der Waals surface area contributed by atoms with Crippen LogP contribution in [0.25, 0.3) is 0 Å². The molecule has 5 N–H and O–H groups in total. The summed E-state index contributed by atoms with van der Waals surface area (Å²) < 4.78 is 0. The fourth-order valence-electron chi connectivity index (χ4n) is 1.16. The van der Waals surface area contributed by atoms with Crippen molar-refractivity contribution in [1.29, 1.82) is 0 Å². The van der Waals surface area contributed by atoms with Crippen molar-refractivity contribution in [3.63, 3.8) is 0 Å². The van der Waals surface area contributed by atoms with Crippen LogP contribution < -0.4 is 16.4 Å². The van der Waals surface area contributed by atoms with Gasteiger partial charge in [0.25, 0.3) is 5.91 Å². The summed E-state index contributed by atoms with van der Waals surface area (Å²) in [6, 6.07) is 0. The van der Waals surface area contributed by atoms with Crippen molar-refractivity contribution < 1.29 is 10.0 Å². The fraction of sp³-hybridized carbons (Fsp3) is 0.444. The molecule has 1 rings (SSSR count). The Labute approximate surface area is 103 Å². The molecule has 0 radical (unpaired) electrons. The molecule has 0 saturated heterocycles. The Hall–Kier alpha value is -1.67. The molecule has 17 heavy (non-hydrogen) atoms. The number of nitrogens with two attached hydrogens (primary N) is 1. The number of hydrogen-bond donors (Lipinski definition) is 4. The Kier molecular flexibility index (Phi) is 5.37. The van der Waals surface area contributed by atoms with Crippen LogP contribution in [0, 0.1) is 0 Å². The quantitative estimate of drug-likeness (QED) is 0.240. The molecule has 0 fully saturated rings. The van der Waals surface area contributed by atoms with Crippen molar-refractivity contribution in [2.45, 2.75) is 6.42 Å². The molecule has 94 valence electrons. The number of aromatic nitrogens is 1. The van der Waals surface area contributed by atoms with Gasteiger partial charge in [0.05, 0.1) is 0 Å². The lowest BCUT2D eigenvalue weighted by Gasteiger charge is -2.04. The zero-order valence-electron chi connectivity index (χ0n) is 9.43. The summed E-state index contributed by atoms with van der Waals surface area (Å²) in [6.45, 7) is 1.30. The molecule has 1 amide bonds. The van der Waals surface area contributed by atoms with E-state index in [1.165, 1.54) is 11.3 Å². The first kappa shape index (κ1) is 13.4. The monoisotopic (exact) mass is 257 g/mol. The molecule has 1 aromatic rings. The van der Waals surface area contributed by atoms with Crippen LogP contribution in [0.2, 0.25) is 0 Å². The maximum absolute atomic E-state index is 11.6. The number of oxime groups is 1. The predicted octanol–water partition coefficient (Wildman–Crippen LogP) is -0.371. The van der Waals surface area contributed by atoms with Gasteiger partial charge in [-0.3, -0.25) is 4.79 Å². The molecule has 0 aromatic carbocycles. The number of nitrogens with zero attached hydrogens (tertiary/aromatic N) is 2. The van der Waals surface area contributed by atoms with Gasteiger partial charge in [0.15, 0.2) is 10.8 Å². The highest BCUT2D eigenvalue weighted by atomic mass is 32.1. The number of carbonyl (C=O) groups excluding carboxylic acids is 1. The van der Waals surface area contributed by atoms with Crippen molar-refractivity contribution in [2.24, 2.45) is 5.16 Å². The average molecular weight is 257 g/mol. The number of carbonyl (C=O) groups is 1. The number of thiazole rings is 1. The molecular weight excluding hydrogens is 242 g/mol. The first-order chi connectivity index (χ1) is 8.19. The van der Waals surface area contributed by atoms with E-state index in [0.717, 1.165) is 13.0 Å². The van der Waals surface area contributed by atoms with E-state index in [4.69, 9.17) is 10.9 Å². The first-order valence-electron chi connectivity index (χ1n) is 5.05. The Morgan fingerprint density at radius 2 is 2.41 bits per heavy atom. The maximum Gasteiger partial charge on any atom is 0.275 e. The lowest BCUT2D eigenvalue weighted by molar-refractivity contribution is -0.114. The molecule has 0 saturated carbocycles. The number of anilines is 1. The summed E-state index contributed by atoms with van der Waals surface area (Å²) >= 11 is 1.18. The van der Waals surface area contributed by atoms with E-state index in [0.29, 0.717) is 11.7 Å². The van der Waals surface area contributed by atoms with E-state index in [2.05, 4.69) is 20.8 Å². The van der Waals surface area contributed by atoms with Crippen molar-refractivity contribution in [3.05, 3.63) is 11.1 Å². The van der Waals surface area contributed by atoms with E-state index in [-0.39, 0.29) is 11.4 Å². The second-order valence-electron chi connectivity index (χ2n) is 3.23. The Bertz CT molecular complexity index is 404. The highest BCUT2D eigenvalue weighted by molar-refractivity contribution is 7.13. The Morgan fingerprint density at radius 1 is 1.65 bits per heavy atom. The van der Waals surface area contributed by atoms with E-state index in [1.54, 1.807) is 5.38 Å². The molecule has 1 aromatic heterocycles. The van der Waals surface area contributed by atoms with Crippen LogP contribution in [0.1, 0.15) is 12.1 Å². The van der Waals surface area contributed by atoms with Crippen molar-refractivity contribution in [1.82, 2.24) is 15.6 Å². The summed E-state index contributed by atoms with van der Waals surface area (Å²) in [4.78, 5) is 15.5. The van der Waals surface area contributed by atoms with Crippen LogP contribution in [-0.2, 0) is 4.79 Å². The average Bonchev–Trinajstić information content (AvgIpc) is 2.72. The van der Waals surface area contributed by atoms with Gasteiger partial charge in [-0.1, -0.05) is 5.16 Å². The minimum atomic E-state index is -0.464. The van der Waals surface area contributed by atoms with Gasteiger partial charge in [-0.2, -0.15) is 0 Å². The summed E-state index contributed by atoms with van der Waals surface area (Å²) in [5, 5.41) is 19.2. The van der Waals surface area contributed by atoms with Crippen LogP contribution in [0.3, 0.4) is 0 Å². The zero-order chi connectivity index (χ0) is 12.7.